The first-order valence-corrected chi connectivity index (χ1v) is 6.48. The van der Waals surface area contributed by atoms with Gasteiger partial charge in [-0.3, -0.25) is 0 Å². The van der Waals surface area contributed by atoms with Crippen molar-refractivity contribution >= 4 is 11.6 Å². The van der Waals surface area contributed by atoms with E-state index in [0.717, 1.165) is 16.7 Å². The maximum Gasteiger partial charge on any atom is 0.129 e. The molecule has 0 saturated heterocycles. The van der Waals surface area contributed by atoms with E-state index < -0.39 is 11.9 Å². The van der Waals surface area contributed by atoms with Crippen molar-refractivity contribution in [2.75, 3.05) is 0 Å². The topological polar surface area (TPSA) is 20.2 Å². The number of aliphatic hydroxyl groups is 1. The second-order valence-electron chi connectivity index (χ2n) is 4.89. The van der Waals surface area contributed by atoms with Crippen molar-refractivity contribution in [1.82, 2.24) is 0 Å². The lowest BCUT2D eigenvalue weighted by Crippen LogP contribution is -2.04. The minimum Gasteiger partial charge on any atom is -0.383 e. The third-order valence-corrected chi connectivity index (χ3v) is 3.69. The summed E-state index contributed by atoms with van der Waals surface area (Å²) in [5.41, 5.74) is 3.67. The Bertz CT molecular complexity index is 622. The molecule has 0 amide bonds. The molecule has 2 aromatic carbocycles. The standard InChI is InChI=1S/C16H16ClFO/c1-9-4-5-12(15(18)6-9)16(19)13-7-10(2)11(3)8-14(13)17/h4-8,16,19H,1-3H3. The van der Waals surface area contributed by atoms with Gasteiger partial charge in [-0.1, -0.05) is 29.8 Å². The number of hydrogen-bond donors (Lipinski definition) is 1. The molecule has 3 heteroatoms. The van der Waals surface area contributed by atoms with Crippen LogP contribution in [-0.4, -0.2) is 5.11 Å². The highest BCUT2D eigenvalue weighted by Crippen LogP contribution is 2.31. The highest BCUT2D eigenvalue weighted by atomic mass is 35.5. The maximum atomic E-state index is 13.9. The fourth-order valence-electron chi connectivity index (χ4n) is 2.03. The molecule has 0 fully saturated rings. The van der Waals surface area contributed by atoms with E-state index in [1.165, 1.54) is 6.07 Å². The summed E-state index contributed by atoms with van der Waals surface area (Å²) in [7, 11) is 0. The van der Waals surface area contributed by atoms with Gasteiger partial charge in [0.1, 0.15) is 11.9 Å². The Labute approximate surface area is 117 Å². The Kier molecular flexibility index (Phi) is 3.93. The van der Waals surface area contributed by atoms with Crippen LogP contribution >= 0.6 is 11.6 Å². The molecular weight excluding hydrogens is 263 g/mol. The molecule has 1 N–H and O–H groups in total. The van der Waals surface area contributed by atoms with Crippen molar-refractivity contribution in [3.8, 4) is 0 Å². The monoisotopic (exact) mass is 278 g/mol. The van der Waals surface area contributed by atoms with Gasteiger partial charge in [0.25, 0.3) is 0 Å². The Morgan fingerprint density at radius 2 is 1.63 bits per heavy atom. The molecule has 0 aliphatic carbocycles. The second kappa shape index (κ2) is 5.32. The van der Waals surface area contributed by atoms with Crippen molar-refractivity contribution in [3.05, 3.63) is 69.0 Å². The molecule has 1 nitrogen and oxygen atoms in total. The molecule has 100 valence electrons. The van der Waals surface area contributed by atoms with Crippen LogP contribution in [0.15, 0.2) is 30.3 Å². The molecule has 2 aromatic rings. The smallest absolute Gasteiger partial charge is 0.129 e. The molecule has 0 spiro atoms. The fourth-order valence-corrected chi connectivity index (χ4v) is 2.36. The summed E-state index contributed by atoms with van der Waals surface area (Å²) >= 11 is 6.15. The SMILES string of the molecule is Cc1ccc(C(O)c2cc(C)c(C)cc2Cl)c(F)c1. The van der Waals surface area contributed by atoms with Gasteiger partial charge in [-0.05, 0) is 49.6 Å². The van der Waals surface area contributed by atoms with Crippen LogP contribution in [0.25, 0.3) is 0 Å². The zero-order chi connectivity index (χ0) is 14.2. The van der Waals surface area contributed by atoms with E-state index in [0.29, 0.717) is 10.6 Å². The Morgan fingerprint density at radius 1 is 1.00 bits per heavy atom. The van der Waals surface area contributed by atoms with Crippen molar-refractivity contribution in [1.29, 1.82) is 0 Å². The van der Waals surface area contributed by atoms with Crippen LogP contribution in [0.2, 0.25) is 5.02 Å². The average Bonchev–Trinajstić information content (AvgIpc) is 2.33. The van der Waals surface area contributed by atoms with E-state index in [1.54, 1.807) is 18.2 Å². The van der Waals surface area contributed by atoms with Crippen LogP contribution in [0.5, 0.6) is 0 Å². The highest BCUT2D eigenvalue weighted by Gasteiger charge is 2.18. The van der Waals surface area contributed by atoms with E-state index in [2.05, 4.69) is 0 Å². The number of hydrogen-bond acceptors (Lipinski definition) is 1. The number of rotatable bonds is 2. The zero-order valence-corrected chi connectivity index (χ0v) is 11.9. The van der Waals surface area contributed by atoms with E-state index in [1.807, 2.05) is 26.8 Å². The van der Waals surface area contributed by atoms with Crippen molar-refractivity contribution in [3.63, 3.8) is 0 Å². The minimum absolute atomic E-state index is 0.246. The Hall–Kier alpha value is -1.38. The first-order valence-electron chi connectivity index (χ1n) is 6.11. The molecule has 0 aromatic heterocycles. The van der Waals surface area contributed by atoms with Gasteiger partial charge in [0, 0.05) is 16.1 Å². The molecular formula is C16H16ClFO. The quantitative estimate of drug-likeness (QED) is 0.858. The number of halogens is 2. The lowest BCUT2D eigenvalue weighted by atomic mass is 9.97. The summed E-state index contributed by atoms with van der Waals surface area (Å²) < 4.78 is 13.9. The molecule has 19 heavy (non-hydrogen) atoms. The molecule has 0 aliphatic heterocycles. The molecule has 0 heterocycles. The summed E-state index contributed by atoms with van der Waals surface area (Å²) in [5, 5.41) is 10.8. The van der Waals surface area contributed by atoms with E-state index in [4.69, 9.17) is 11.6 Å². The number of aryl methyl sites for hydroxylation is 3. The fraction of sp³-hybridized carbons (Fsp3) is 0.250. The molecule has 0 aliphatic rings. The second-order valence-corrected chi connectivity index (χ2v) is 5.29. The third kappa shape index (κ3) is 2.80. The Morgan fingerprint density at radius 3 is 2.26 bits per heavy atom. The van der Waals surface area contributed by atoms with Gasteiger partial charge in [0.05, 0.1) is 0 Å². The van der Waals surface area contributed by atoms with Crippen LogP contribution < -0.4 is 0 Å². The normalized spacial score (nSPS) is 12.5. The van der Waals surface area contributed by atoms with E-state index >= 15 is 0 Å². The number of benzene rings is 2. The first-order chi connectivity index (χ1) is 8.90. The largest absolute Gasteiger partial charge is 0.383 e. The molecule has 0 bridgehead atoms. The first kappa shape index (κ1) is 14.0. The van der Waals surface area contributed by atoms with Crippen LogP contribution in [0.1, 0.15) is 33.9 Å². The number of aliphatic hydroxyl groups excluding tert-OH is 1. The van der Waals surface area contributed by atoms with Crippen LogP contribution in [-0.2, 0) is 0 Å². The van der Waals surface area contributed by atoms with E-state index in [-0.39, 0.29) is 5.56 Å². The molecule has 1 unspecified atom stereocenters. The minimum atomic E-state index is -1.05. The molecule has 0 radical (unpaired) electrons. The van der Waals surface area contributed by atoms with Gasteiger partial charge in [-0.2, -0.15) is 0 Å². The van der Waals surface area contributed by atoms with Gasteiger partial charge in [-0.25, -0.2) is 4.39 Å². The van der Waals surface area contributed by atoms with Crippen molar-refractivity contribution in [2.45, 2.75) is 26.9 Å². The van der Waals surface area contributed by atoms with Gasteiger partial charge >= 0.3 is 0 Å². The van der Waals surface area contributed by atoms with E-state index in [9.17, 15) is 9.50 Å². The Balaban J connectivity index is 2.49. The molecule has 0 saturated carbocycles. The van der Waals surface area contributed by atoms with Gasteiger partial charge in [0.2, 0.25) is 0 Å². The predicted octanol–water partition coefficient (Wildman–Crippen LogP) is 4.49. The molecule has 1 atom stereocenters. The lowest BCUT2D eigenvalue weighted by molar-refractivity contribution is 0.215. The highest BCUT2D eigenvalue weighted by molar-refractivity contribution is 6.31. The maximum absolute atomic E-state index is 13.9. The summed E-state index contributed by atoms with van der Waals surface area (Å²) in [6.45, 7) is 5.69. The van der Waals surface area contributed by atoms with Gasteiger partial charge < -0.3 is 5.11 Å². The van der Waals surface area contributed by atoms with Gasteiger partial charge in [0.15, 0.2) is 0 Å². The average molecular weight is 279 g/mol. The summed E-state index contributed by atoms with van der Waals surface area (Å²) in [4.78, 5) is 0. The predicted molar refractivity (Wildman–Crippen MR) is 76.1 cm³/mol. The summed E-state index contributed by atoms with van der Waals surface area (Å²) in [6, 6.07) is 8.38. The van der Waals surface area contributed by atoms with Crippen LogP contribution in [0.4, 0.5) is 4.39 Å². The summed E-state index contributed by atoms with van der Waals surface area (Å²) in [6.07, 6.45) is -1.05. The van der Waals surface area contributed by atoms with Crippen LogP contribution in [0.3, 0.4) is 0 Å². The van der Waals surface area contributed by atoms with Crippen molar-refractivity contribution in [2.24, 2.45) is 0 Å². The lowest BCUT2D eigenvalue weighted by Gasteiger charge is -2.16. The molecule has 2 rings (SSSR count). The summed E-state index contributed by atoms with van der Waals surface area (Å²) in [5.74, 6) is -0.415. The third-order valence-electron chi connectivity index (χ3n) is 3.36. The van der Waals surface area contributed by atoms with Crippen molar-refractivity contribution < 1.29 is 9.50 Å². The van der Waals surface area contributed by atoms with Gasteiger partial charge in [-0.15, -0.1) is 0 Å². The van der Waals surface area contributed by atoms with Crippen LogP contribution in [0, 0.1) is 26.6 Å². The zero-order valence-electron chi connectivity index (χ0n) is 11.2.